The molecule has 0 saturated carbocycles. The number of nitrogens with zero attached hydrogens (tertiary/aromatic N) is 1. The van der Waals surface area contributed by atoms with Gasteiger partial charge >= 0.3 is 0 Å². The number of fused-ring (bicyclic) bond motifs is 1. The summed E-state index contributed by atoms with van der Waals surface area (Å²) in [6.07, 6.45) is 2.34. The summed E-state index contributed by atoms with van der Waals surface area (Å²) in [6.45, 7) is 4.27. The van der Waals surface area contributed by atoms with Crippen LogP contribution in [0.2, 0.25) is 0 Å². The Kier molecular flexibility index (Phi) is 3.19. The van der Waals surface area contributed by atoms with Crippen molar-refractivity contribution in [2.75, 3.05) is 4.90 Å². The lowest BCUT2D eigenvalue weighted by Gasteiger charge is -2.36. The van der Waals surface area contributed by atoms with Crippen LogP contribution in [0.15, 0.2) is 15.0 Å². The molecule has 3 rings (SSSR count). The molecule has 3 unspecified atom stereocenters. The highest BCUT2D eigenvalue weighted by Crippen LogP contribution is 2.44. The van der Waals surface area contributed by atoms with E-state index in [0.29, 0.717) is 15.0 Å². The molecular weight excluding hydrogens is 365 g/mol. The molecule has 1 aromatic rings. The largest absolute Gasteiger partial charge is 0.348 e. The average Bonchev–Trinajstić information content (AvgIpc) is 3.03. The van der Waals surface area contributed by atoms with Crippen LogP contribution < -0.4 is 4.90 Å². The number of benzene rings is 1. The van der Waals surface area contributed by atoms with Crippen LogP contribution in [-0.4, -0.2) is 18.4 Å². The van der Waals surface area contributed by atoms with Crippen LogP contribution >= 0.6 is 31.9 Å². The Morgan fingerprint density at radius 2 is 2.06 bits per heavy atom. The van der Waals surface area contributed by atoms with Gasteiger partial charge < -0.3 is 9.64 Å². The lowest BCUT2D eigenvalue weighted by molar-refractivity contribution is 0.354. The normalized spacial score (nSPS) is 30.3. The Balaban J connectivity index is 2.11. The smallest absolute Gasteiger partial charge is 0.157 e. The summed E-state index contributed by atoms with van der Waals surface area (Å²) in [5, 5.41) is 0. The van der Waals surface area contributed by atoms with Gasteiger partial charge in [0.15, 0.2) is 12.0 Å². The van der Waals surface area contributed by atoms with Crippen molar-refractivity contribution in [2.45, 2.75) is 45.1 Å². The zero-order chi connectivity index (χ0) is 13.0. The van der Waals surface area contributed by atoms with E-state index in [1.807, 2.05) is 6.07 Å². The molecule has 18 heavy (non-hydrogen) atoms. The Morgan fingerprint density at radius 3 is 2.67 bits per heavy atom. The number of hydrogen-bond donors (Lipinski definition) is 0. The van der Waals surface area contributed by atoms with Crippen LogP contribution in [0, 0.1) is 5.82 Å². The number of ether oxygens (including phenoxy) is 1. The van der Waals surface area contributed by atoms with E-state index < -0.39 is 0 Å². The monoisotopic (exact) mass is 377 g/mol. The van der Waals surface area contributed by atoms with Gasteiger partial charge in [-0.3, -0.25) is 0 Å². The fourth-order valence-corrected chi connectivity index (χ4v) is 3.97. The molecule has 0 N–H and O–H groups in total. The second-order valence-corrected chi connectivity index (χ2v) is 6.66. The zero-order valence-electron chi connectivity index (χ0n) is 10.2. The van der Waals surface area contributed by atoms with E-state index in [1.165, 1.54) is 0 Å². The number of epoxide rings is 1. The predicted octanol–water partition coefficient (Wildman–Crippen LogP) is 4.24. The Hall–Kier alpha value is -0.130. The summed E-state index contributed by atoms with van der Waals surface area (Å²) >= 11 is 6.66. The van der Waals surface area contributed by atoms with Gasteiger partial charge in [0.05, 0.1) is 8.95 Å². The fourth-order valence-electron chi connectivity index (χ4n) is 2.67. The summed E-state index contributed by atoms with van der Waals surface area (Å²) in [6, 6.07) is 2.30. The number of rotatable bonds is 1. The van der Waals surface area contributed by atoms with Crippen molar-refractivity contribution in [3.63, 3.8) is 0 Å². The van der Waals surface area contributed by atoms with Crippen molar-refractivity contribution in [2.24, 2.45) is 0 Å². The first-order valence-corrected chi connectivity index (χ1v) is 7.69. The molecule has 2 nitrogen and oxygen atoms in total. The van der Waals surface area contributed by atoms with Crippen LogP contribution in [0.4, 0.5) is 10.1 Å². The fraction of sp³-hybridized carbons (Fsp3) is 0.538. The van der Waals surface area contributed by atoms with Gasteiger partial charge in [0, 0.05) is 11.7 Å². The molecule has 0 aliphatic carbocycles. The van der Waals surface area contributed by atoms with Crippen molar-refractivity contribution < 1.29 is 9.13 Å². The van der Waals surface area contributed by atoms with Crippen molar-refractivity contribution in [3.05, 3.63) is 26.4 Å². The standard InChI is InChI=1S/C13H14Br2FNO/c1-6-3-4-8-10(17(6)13-7(2)18-13)5-9(14)12(16)11(8)15/h5-7,13H,3-4H2,1-2H3. The van der Waals surface area contributed by atoms with Gasteiger partial charge in [-0.1, -0.05) is 0 Å². The van der Waals surface area contributed by atoms with E-state index in [9.17, 15) is 4.39 Å². The van der Waals surface area contributed by atoms with E-state index in [0.717, 1.165) is 24.1 Å². The summed E-state index contributed by atoms with van der Waals surface area (Å²) < 4.78 is 20.6. The minimum atomic E-state index is -0.215. The molecule has 1 fully saturated rings. The number of halogens is 3. The summed E-state index contributed by atoms with van der Waals surface area (Å²) in [5.74, 6) is -0.215. The lowest BCUT2D eigenvalue weighted by Crippen LogP contribution is -2.40. The van der Waals surface area contributed by atoms with Crippen LogP contribution in [0.3, 0.4) is 0 Å². The summed E-state index contributed by atoms with van der Waals surface area (Å²) in [5.41, 5.74) is 2.14. The molecule has 0 amide bonds. The molecule has 2 heterocycles. The van der Waals surface area contributed by atoms with Crippen LogP contribution in [0.1, 0.15) is 25.8 Å². The molecular formula is C13H14Br2FNO. The third-order valence-corrected chi connectivity index (χ3v) is 5.16. The minimum absolute atomic E-state index is 0.142. The van der Waals surface area contributed by atoms with E-state index in [-0.39, 0.29) is 18.1 Å². The second kappa shape index (κ2) is 4.46. The predicted molar refractivity (Wildman–Crippen MR) is 76.4 cm³/mol. The van der Waals surface area contributed by atoms with Gasteiger partial charge in [-0.2, -0.15) is 0 Å². The van der Waals surface area contributed by atoms with Gasteiger partial charge in [0.1, 0.15) is 6.10 Å². The highest BCUT2D eigenvalue weighted by atomic mass is 79.9. The molecule has 2 aliphatic rings. The van der Waals surface area contributed by atoms with E-state index in [1.54, 1.807) is 0 Å². The maximum absolute atomic E-state index is 13.9. The zero-order valence-corrected chi connectivity index (χ0v) is 13.4. The SMILES string of the molecule is CC1OC1N1c2cc(Br)c(F)c(Br)c2CCC1C. The first-order chi connectivity index (χ1) is 8.50. The van der Waals surface area contributed by atoms with Crippen LogP contribution in [0.25, 0.3) is 0 Å². The van der Waals surface area contributed by atoms with Gasteiger partial charge in [-0.05, 0) is 70.2 Å². The molecule has 0 radical (unpaired) electrons. The number of hydrogen-bond acceptors (Lipinski definition) is 2. The third kappa shape index (κ3) is 1.91. The minimum Gasteiger partial charge on any atom is -0.348 e. The topological polar surface area (TPSA) is 15.8 Å². The van der Waals surface area contributed by atoms with Crippen molar-refractivity contribution in [1.29, 1.82) is 0 Å². The van der Waals surface area contributed by atoms with Gasteiger partial charge in [0.25, 0.3) is 0 Å². The van der Waals surface area contributed by atoms with E-state index >= 15 is 0 Å². The van der Waals surface area contributed by atoms with E-state index in [2.05, 4.69) is 50.6 Å². The van der Waals surface area contributed by atoms with Gasteiger partial charge in [-0.15, -0.1) is 0 Å². The number of anilines is 1. The maximum Gasteiger partial charge on any atom is 0.157 e. The molecule has 0 aromatic heterocycles. The molecule has 1 aromatic carbocycles. The Labute approximate surface area is 123 Å². The summed E-state index contributed by atoms with van der Waals surface area (Å²) in [4.78, 5) is 2.28. The third-order valence-electron chi connectivity index (χ3n) is 3.76. The highest BCUT2D eigenvalue weighted by molar-refractivity contribution is 9.11. The molecule has 0 spiro atoms. The average molecular weight is 379 g/mol. The van der Waals surface area contributed by atoms with Crippen LogP contribution in [-0.2, 0) is 11.2 Å². The highest BCUT2D eigenvalue weighted by Gasteiger charge is 2.44. The van der Waals surface area contributed by atoms with Gasteiger partial charge in [-0.25, -0.2) is 4.39 Å². The molecule has 98 valence electrons. The molecule has 1 saturated heterocycles. The molecule has 3 atom stereocenters. The van der Waals surface area contributed by atoms with Crippen LogP contribution in [0.5, 0.6) is 0 Å². The van der Waals surface area contributed by atoms with Crippen molar-refractivity contribution >= 4 is 37.5 Å². The Bertz CT molecular complexity index is 508. The quantitative estimate of drug-likeness (QED) is 0.536. The molecule has 2 aliphatic heterocycles. The lowest BCUT2D eigenvalue weighted by atomic mass is 9.96. The summed E-state index contributed by atoms with van der Waals surface area (Å²) in [7, 11) is 0. The van der Waals surface area contributed by atoms with Crippen molar-refractivity contribution in [1.82, 2.24) is 0 Å². The first kappa shape index (κ1) is 12.9. The molecule has 5 heteroatoms. The molecule has 0 bridgehead atoms. The van der Waals surface area contributed by atoms with Gasteiger partial charge in [0.2, 0.25) is 0 Å². The maximum atomic E-state index is 13.9. The second-order valence-electron chi connectivity index (χ2n) is 5.01. The Morgan fingerprint density at radius 1 is 1.39 bits per heavy atom. The van der Waals surface area contributed by atoms with Crippen molar-refractivity contribution in [3.8, 4) is 0 Å². The first-order valence-electron chi connectivity index (χ1n) is 6.11. The van der Waals surface area contributed by atoms with E-state index in [4.69, 9.17) is 4.74 Å².